The summed E-state index contributed by atoms with van der Waals surface area (Å²) in [6.07, 6.45) is 2.29. The molecule has 0 aliphatic heterocycles. The Morgan fingerprint density at radius 2 is 1.56 bits per heavy atom. The molecular weight excluding hydrogens is 430 g/mol. The number of nitrogens with zero attached hydrogens (tertiary/aromatic N) is 1. The number of carbonyl (C=O) groups excluding carboxylic acids is 3. The second kappa shape index (κ2) is 12.8. The predicted molar refractivity (Wildman–Crippen MR) is 136 cm³/mol. The van der Waals surface area contributed by atoms with Crippen LogP contribution in [0.25, 0.3) is 0 Å². The van der Waals surface area contributed by atoms with Crippen LogP contribution in [-0.2, 0) is 14.3 Å². The number of amides is 3. The number of nitrogens with one attached hydrogen (secondary N) is 2. The minimum absolute atomic E-state index is 0.214. The summed E-state index contributed by atoms with van der Waals surface area (Å²) < 4.78 is 5.40. The molecule has 0 aliphatic carbocycles. The van der Waals surface area contributed by atoms with Crippen LogP contribution < -0.4 is 10.6 Å². The van der Waals surface area contributed by atoms with Gasteiger partial charge in [0.2, 0.25) is 11.8 Å². The first kappa shape index (κ1) is 29.5. The number of unbranched alkanes of at least 4 members (excludes halogenated alkanes) is 2. The molecule has 2 atom stereocenters. The molecule has 192 valence electrons. The number of hydrogen-bond donors (Lipinski definition) is 2. The van der Waals surface area contributed by atoms with Crippen LogP contribution in [-0.4, -0.2) is 46.5 Å². The Morgan fingerprint density at radius 1 is 0.971 bits per heavy atom. The fourth-order valence-electron chi connectivity index (χ4n) is 3.68. The van der Waals surface area contributed by atoms with Gasteiger partial charge in [0.25, 0.3) is 0 Å². The molecule has 0 fully saturated rings. The molecular formula is C27H45N3O4. The zero-order chi connectivity index (χ0) is 26.1. The Bertz CT molecular complexity index is 794. The van der Waals surface area contributed by atoms with E-state index < -0.39 is 29.3 Å². The standard InChI is InChI=1S/C27H45N3O4/c1-10-11-15-18-28-23(31)22(20-16-13-12-14-17-20)30(26(4,5)6)24(32)21(19(2)3)29-25(33)34-27(7,8)9/h12-14,16-17,19,21-22H,10-11,15,18H2,1-9H3,(H,28,31)(H,29,33). The van der Waals surface area contributed by atoms with Gasteiger partial charge in [0, 0.05) is 12.1 Å². The molecule has 0 bridgehead atoms. The Morgan fingerprint density at radius 3 is 2.03 bits per heavy atom. The van der Waals surface area contributed by atoms with E-state index in [1.165, 1.54) is 0 Å². The van der Waals surface area contributed by atoms with Gasteiger partial charge >= 0.3 is 6.09 Å². The van der Waals surface area contributed by atoms with E-state index in [4.69, 9.17) is 4.74 Å². The summed E-state index contributed by atoms with van der Waals surface area (Å²) >= 11 is 0. The van der Waals surface area contributed by atoms with Crippen molar-refractivity contribution < 1.29 is 19.1 Å². The first-order valence-corrected chi connectivity index (χ1v) is 12.3. The zero-order valence-corrected chi connectivity index (χ0v) is 22.5. The predicted octanol–water partition coefficient (Wildman–Crippen LogP) is 5.21. The molecule has 0 heterocycles. The van der Waals surface area contributed by atoms with Crippen LogP contribution in [0.2, 0.25) is 0 Å². The van der Waals surface area contributed by atoms with E-state index in [9.17, 15) is 14.4 Å². The molecule has 1 aromatic rings. The van der Waals surface area contributed by atoms with Gasteiger partial charge in [-0.2, -0.15) is 0 Å². The van der Waals surface area contributed by atoms with Crippen LogP contribution in [0.5, 0.6) is 0 Å². The second-order valence-corrected chi connectivity index (χ2v) is 11.1. The van der Waals surface area contributed by atoms with Crippen LogP contribution in [0.15, 0.2) is 30.3 Å². The summed E-state index contributed by atoms with van der Waals surface area (Å²) in [5.41, 5.74) is -0.664. The third kappa shape index (κ3) is 9.35. The summed E-state index contributed by atoms with van der Waals surface area (Å²) in [6.45, 7) is 17.4. The summed E-state index contributed by atoms with van der Waals surface area (Å²) in [6, 6.07) is 7.62. The molecule has 1 aromatic carbocycles. The van der Waals surface area contributed by atoms with E-state index in [-0.39, 0.29) is 17.7 Å². The molecule has 0 aliphatic rings. The second-order valence-electron chi connectivity index (χ2n) is 11.1. The summed E-state index contributed by atoms with van der Waals surface area (Å²) in [7, 11) is 0. The van der Waals surface area contributed by atoms with E-state index in [0.717, 1.165) is 24.8 Å². The maximum absolute atomic E-state index is 14.0. The summed E-state index contributed by atoms with van der Waals surface area (Å²) in [5.74, 6) is -0.773. The van der Waals surface area contributed by atoms with Crippen LogP contribution in [0.1, 0.15) is 93.2 Å². The van der Waals surface area contributed by atoms with Crippen molar-refractivity contribution in [1.29, 1.82) is 0 Å². The van der Waals surface area contributed by atoms with Crippen molar-refractivity contribution in [3.8, 4) is 0 Å². The number of benzene rings is 1. The normalized spacial score (nSPS) is 13.7. The Balaban J connectivity index is 3.38. The fraction of sp³-hybridized carbons (Fsp3) is 0.667. The van der Waals surface area contributed by atoms with Crippen LogP contribution in [0.3, 0.4) is 0 Å². The van der Waals surface area contributed by atoms with Gasteiger partial charge in [-0.15, -0.1) is 0 Å². The van der Waals surface area contributed by atoms with E-state index in [2.05, 4.69) is 17.6 Å². The van der Waals surface area contributed by atoms with Gasteiger partial charge in [0.1, 0.15) is 17.7 Å². The highest BCUT2D eigenvalue weighted by Gasteiger charge is 2.42. The molecule has 0 radical (unpaired) electrons. The lowest BCUT2D eigenvalue weighted by molar-refractivity contribution is -0.149. The van der Waals surface area contributed by atoms with Crippen molar-refractivity contribution in [2.24, 2.45) is 5.92 Å². The van der Waals surface area contributed by atoms with E-state index in [1.54, 1.807) is 25.7 Å². The van der Waals surface area contributed by atoms with Gasteiger partial charge < -0.3 is 20.3 Å². The smallest absolute Gasteiger partial charge is 0.408 e. The average Bonchev–Trinajstić information content (AvgIpc) is 2.71. The first-order valence-electron chi connectivity index (χ1n) is 12.3. The zero-order valence-electron chi connectivity index (χ0n) is 22.5. The van der Waals surface area contributed by atoms with E-state index in [1.807, 2.05) is 65.0 Å². The third-order valence-corrected chi connectivity index (χ3v) is 5.27. The molecule has 0 saturated carbocycles. The largest absolute Gasteiger partial charge is 0.444 e. The van der Waals surface area contributed by atoms with Crippen molar-refractivity contribution in [2.45, 2.75) is 105 Å². The van der Waals surface area contributed by atoms with Crippen LogP contribution in [0, 0.1) is 5.92 Å². The average molecular weight is 476 g/mol. The van der Waals surface area contributed by atoms with Gasteiger partial charge in [-0.1, -0.05) is 63.9 Å². The fourth-order valence-corrected chi connectivity index (χ4v) is 3.68. The molecule has 2 unspecified atom stereocenters. The lowest BCUT2D eigenvalue weighted by Gasteiger charge is -2.43. The number of carbonyl (C=O) groups is 3. The highest BCUT2D eigenvalue weighted by atomic mass is 16.6. The van der Waals surface area contributed by atoms with Crippen molar-refractivity contribution in [1.82, 2.24) is 15.5 Å². The minimum atomic E-state index is -0.854. The minimum Gasteiger partial charge on any atom is -0.444 e. The maximum atomic E-state index is 14.0. The van der Waals surface area contributed by atoms with Gasteiger partial charge in [-0.25, -0.2) is 4.79 Å². The van der Waals surface area contributed by atoms with Gasteiger partial charge in [0.05, 0.1) is 0 Å². The molecule has 7 heteroatoms. The number of rotatable bonds is 10. The third-order valence-electron chi connectivity index (χ3n) is 5.27. The van der Waals surface area contributed by atoms with Gasteiger partial charge in [-0.3, -0.25) is 9.59 Å². The Kier molecular flexibility index (Phi) is 11.1. The number of ether oxygens (including phenoxy) is 1. The van der Waals surface area contributed by atoms with Crippen molar-refractivity contribution in [3.63, 3.8) is 0 Å². The molecule has 1 rings (SSSR count). The van der Waals surface area contributed by atoms with Crippen molar-refractivity contribution >= 4 is 17.9 Å². The van der Waals surface area contributed by atoms with Crippen LogP contribution in [0.4, 0.5) is 4.79 Å². The maximum Gasteiger partial charge on any atom is 0.408 e. The SMILES string of the molecule is CCCCCNC(=O)C(c1ccccc1)N(C(=O)C(NC(=O)OC(C)(C)C)C(C)C)C(C)(C)C. The van der Waals surface area contributed by atoms with Crippen LogP contribution >= 0.6 is 0 Å². The number of hydrogen-bond acceptors (Lipinski definition) is 4. The van der Waals surface area contributed by atoms with Gasteiger partial charge in [0.15, 0.2) is 0 Å². The first-order chi connectivity index (χ1) is 15.7. The molecule has 0 spiro atoms. The Hall–Kier alpha value is -2.57. The molecule has 2 N–H and O–H groups in total. The molecule has 7 nitrogen and oxygen atoms in total. The van der Waals surface area contributed by atoms with E-state index in [0.29, 0.717) is 6.54 Å². The quantitative estimate of drug-likeness (QED) is 0.455. The molecule has 3 amide bonds. The molecule has 34 heavy (non-hydrogen) atoms. The molecule has 0 aromatic heterocycles. The summed E-state index contributed by atoms with van der Waals surface area (Å²) in [5, 5.41) is 5.77. The lowest BCUT2D eigenvalue weighted by Crippen LogP contribution is -2.59. The van der Waals surface area contributed by atoms with Crippen molar-refractivity contribution in [3.05, 3.63) is 35.9 Å². The Labute approximate surface area is 206 Å². The van der Waals surface area contributed by atoms with E-state index >= 15 is 0 Å². The van der Waals surface area contributed by atoms with Gasteiger partial charge in [-0.05, 0) is 59.4 Å². The van der Waals surface area contributed by atoms with Crippen molar-refractivity contribution in [2.75, 3.05) is 6.54 Å². The summed E-state index contributed by atoms with van der Waals surface area (Å²) in [4.78, 5) is 41.6. The topological polar surface area (TPSA) is 87.7 Å². The molecule has 0 saturated heterocycles. The number of alkyl carbamates (subject to hydrolysis) is 1. The monoisotopic (exact) mass is 475 g/mol. The highest BCUT2D eigenvalue weighted by molar-refractivity contribution is 5.92. The highest BCUT2D eigenvalue weighted by Crippen LogP contribution is 2.31. The lowest BCUT2D eigenvalue weighted by atomic mass is 9.93.